The van der Waals surface area contributed by atoms with Crippen molar-refractivity contribution in [3.05, 3.63) is 29.8 Å². The number of carbonyl (C=O) groups excluding carboxylic acids is 1. The Bertz CT molecular complexity index is 526. The zero-order valence-electron chi connectivity index (χ0n) is 10.8. The molecule has 0 aliphatic carbocycles. The van der Waals surface area contributed by atoms with Crippen LogP contribution in [0.3, 0.4) is 0 Å². The summed E-state index contributed by atoms with van der Waals surface area (Å²) >= 11 is 0. The molecule has 5 nitrogen and oxygen atoms in total. The Morgan fingerprint density at radius 1 is 1.33 bits per heavy atom. The van der Waals surface area contributed by atoms with Gasteiger partial charge in [0.2, 0.25) is 10.0 Å². The van der Waals surface area contributed by atoms with Gasteiger partial charge in [0, 0.05) is 13.6 Å². The molecule has 6 heteroatoms. The maximum Gasteiger partial charge on any atom is 0.253 e. The lowest BCUT2D eigenvalue weighted by molar-refractivity contribution is 0.0954. The lowest BCUT2D eigenvalue weighted by atomic mass is 10.1. The van der Waals surface area contributed by atoms with Crippen molar-refractivity contribution in [2.45, 2.75) is 13.3 Å². The van der Waals surface area contributed by atoms with E-state index < -0.39 is 10.0 Å². The van der Waals surface area contributed by atoms with E-state index in [1.807, 2.05) is 6.92 Å². The molecule has 0 spiro atoms. The van der Waals surface area contributed by atoms with Gasteiger partial charge in [-0.1, -0.05) is 19.1 Å². The maximum absolute atomic E-state index is 11.9. The Kier molecular flexibility index (Phi) is 4.72. The number of amides is 1. The van der Waals surface area contributed by atoms with E-state index in [-0.39, 0.29) is 5.91 Å². The summed E-state index contributed by atoms with van der Waals surface area (Å²) in [6, 6.07) is 6.64. The number of nitrogens with zero attached hydrogens (tertiary/aromatic N) is 1. The quantitative estimate of drug-likeness (QED) is 0.875. The van der Waals surface area contributed by atoms with Crippen LogP contribution in [0.25, 0.3) is 0 Å². The van der Waals surface area contributed by atoms with E-state index in [1.54, 1.807) is 24.3 Å². The van der Waals surface area contributed by atoms with Gasteiger partial charge in [-0.2, -0.15) is 0 Å². The highest BCUT2D eigenvalue weighted by molar-refractivity contribution is 7.92. The van der Waals surface area contributed by atoms with Crippen molar-refractivity contribution >= 4 is 21.6 Å². The molecular weight excluding hydrogens is 252 g/mol. The molecule has 1 rings (SSSR count). The van der Waals surface area contributed by atoms with Crippen LogP contribution in [0.15, 0.2) is 24.3 Å². The molecule has 0 saturated carbocycles. The predicted molar refractivity (Wildman–Crippen MR) is 72.3 cm³/mol. The van der Waals surface area contributed by atoms with Crippen LogP contribution in [0.1, 0.15) is 23.7 Å². The van der Waals surface area contributed by atoms with Crippen LogP contribution < -0.4 is 9.62 Å². The Labute approximate surface area is 108 Å². The largest absolute Gasteiger partial charge is 0.352 e. The number of para-hydroxylation sites is 1. The van der Waals surface area contributed by atoms with Gasteiger partial charge in [-0.15, -0.1) is 0 Å². The van der Waals surface area contributed by atoms with Crippen molar-refractivity contribution in [3.8, 4) is 0 Å². The van der Waals surface area contributed by atoms with Gasteiger partial charge in [-0.25, -0.2) is 8.42 Å². The first kappa shape index (κ1) is 14.5. The zero-order chi connectivity index (χ0) is 13.8. The van der Waals surface area contributed by atoms with Crippen molar-refractivity contribution in [3.63, 3.8) is 0 Å². The number of anilines is 1. The number of hydrogen-bond acceptors (Lipinski definition) is 3. The molecule has 18 heavy (non-hydrogen) atoms. The first-order valence-corrected chi connectivity index (χ1v) is 7.54. The molecule has 0 aliphatic heterocycles. The molecular formula is C12H18N2O3S. The monoisotopic (exact) mass is 270 g/mol. The van der Waals surface area contributed by atoms with Crippen LogP contribution in [0.5, 0.6) is 0 Å². The maximum atomic E-state index is 11.9. The molecule has 0 unspecified atom stereocenters. The van der Waals surface area contributed by atoms with E-state index in [4.69, 9.17) is 0 Å². The lowest BCUT2D eigenvalue weighted by Crippen LogP contribution is -2.30. The first-order chi connectivity index (χ1) is 8.38. The lowest BCUT2D eigenvalue weighted by Gasteiger charge is -2.19. The van der Waals surface area contributed by atoms with E-state index in [0.717, 1.165) is 17.0 Å². The van der Waals surface area contributed by atoms with Crippen LogP contribution in [-0.4, -0.2) is 34.2 Å². The van der Waals surface area contributed by atoms with Gasteiger partial charge in [0.1, 0.15) is 0 Å². The van der Waals surface area contributed by atoms with Crippen molar-refractivity contribution in [1.82, 2.24) is 5.32 Å². The topological polar surface area (TPSA) is 66.5 Å². The predicted octanol–water partition coefficient (Wildman–Crippen LogP) is 1.22. The Hall–Kier alpha value is -1.56. The average molecular weight is 270 g/mol. The fourth-order valence-corrected chi connectivity index (χ4v) is 1.97. The standard InChI is InChI=1S/C12H18N2O3S/c1-4-9-13-12(15)10-7-5-6-8-11(10)14(2)18(3,16)17/h5-8H,4,9H2,1-3H3,(H,13,15). The van der Waals surface area contributed by atoms with Gasteiger partial charge < -0.3 is 5.32 Å². The number of sulfonamides is 1. The van der Waals surface area contributed by atoms with Crippen LogP contribution in [0.2, 0.25) is 0 Å². The highest BCUT2D eigenvalue weighted by atomic mass is 32.2. The van der Waals surface area contributed by atoms with Crippen LogP contribution in [-0.2, 0) is 10.0 Å². The van der Waals surface area contributed by atoms with E-state index in [9.17, 15) is 13.2 Å². The first-order valence-electron chi connectivity index (χ1n) is 5.69. The number of benzene rings is 1. The highest BCUT2D eigenvalue weighted by Crippen LogP contribution is 2.21. The van der Waals surface area contributed by atoms with Gasteiger partial charge in [0.25, 0.3) is 5.91 Å². The fraction of sp³-hybridized carbons (Fsp3) is 0.417. The van der Waals surface area contributed by atoms with Gasteiger partial charge >= 0.3 is 0 Å². The van der Waals surface area contributed by atoms with Gasteiger partial charge in [-0.3, -0.25) is 9.10 Å². The summed E-state index contributed by atoms with van der Waals surface area (Å²) < 4.78 is 24.1. The molecule has 0 radical (unpaired) electrons. The summed E-state index contributed by atoms with van der Waals surface area (Å²) in [5.74, 6) is -0.261. The van der Waals surface area contributed by atoms with E-state index in [1.165, 1.54) is 7.05 Å². The molecule has 1 aromatic carbocycles. The highest BCUT2D eigenvalue weighted by Gasteiger charge is 2.18. The van der Waals surface area contributed by atoms with Crippen molar-refractivity contribution in [2.75, 3.05) is 24.2 Å². The van der Waals surface area contributed by atoms with Crippen LogP contribution in [0, 0.1) is 0 Å². The van der Waals surface area contributed by atoms with E-state index in [0.29, 0.717) is 17.8 Å². The van der Waals surface area contributed by atoms with Crippen LogP contribution in [0.4, 0.5) is 5.69 Å². The number of hydrogen-bond donors (Lipinski definition) is 1. The SMILES string of the molecule is CCCNC(=O)c1ccccc1N(C)S(C)(=O)=O. The smallest absolute Gasteiger partial charge is 0.253 e. The number of carbonyl (C=O) groups is 1. The molecule has 0 aliphatic rings. The fourth-order valence-electron chi connectivity index (χ4n) is 1.45. The zero-order valence-corrected chi connectivity index (χ0v) is 11.6. The third kappa shape index (κ3) is 3.46. The third-order valence-electron chi connectivity index (χ3n) is 2.52. The molecule has 0 saturated heterocycles. The average Bonchev–Trinajstić information content (AvgIpc) is 2.34. The minimum atomic E-state index is -3.38. The minimum Gasteiger partial charge on any atom is -0.352 e. The third-order valence-corrected chi connectivity index (χ3v) is 3.71. The molecule has 1 N–H and O–H groups in total. The minimum absolute atomic E-state index is 0.261. The molecule has 0 fully saturated rings. The van der Waals surface area contributed by atoms with Crippen molar-refractivity contribution in [1.29, 1.82) is 0 Å². The Morgan fingerprint density at radius 2 is 1.94 bits per heavy atom. The molecule has 0 atom stereocenters. The Balaban J connectivity index is 3.11. The summed E-state index contributed by atoms with van der Waals surface area (Å²) in [7, 11) is -1.95. The summed E-state index contributed by atoms with van der Waals surface area (Å²) in [6.45, 7) is 2.52. The van der Waals surface area contributed by atoms with E-state index in [2.05, 4.69) is 5.32 Å². The molecule has 0 bridgehead atoms. The normalized spacial score (nSPS) is 11.1. The second-order valence-corrected chi connectivity index (χ2v) is 6.02. The molecule has 100 valence electrons. The summed E-state index contributed by atoms with van der Waals surface area (Å²) in [5.41, 5.74) is 0.743. The van der Waals surface area contributed by atoms with E-state index >= 15 is 0 Å². The number of nitrogens with one attached hydrogen (secondary N) is 1. The van der Waals surface area contributed by atoms with Gasteiger partial charge in [0.15, 0.2) is 0 Å². The van der Waals surface area contributed by atoms with Crippen molar-refractivity contribution < 1.29 is 13.2 Å². The molecule has 1 amide bonds. The summed E-state index contributed by atoms with van der Waals surface area (Å²) in [5, 5.41) is 2.73. The van der Waals surface area contributed by atoms with Gasteiger partial charge in [0.05, 0.1) is 17.5 Å². The number of rotatable bonds is 5. The summed E-state index contributed by atoms with van der Waals surface area (Å²) in [6.07, 6.45) is 1.93. The molecule has 0 aromatic heterocycles. The van der Waals surface area contributed by atoms with Crippen LogP contribution >= 0.6 is 0 Å². The molecule has 0 heterocycles. The second kappa shape index (κ2) is 5.86. The Morgan fingerprint density at radius 3 is 2.50 bits per heavy atom. The summed E-state index contributed by atoms with van der Waals surface area (Å²) in [4.78, 5) is 11.9. The van der Waals surface area contributed by atoms with Gasteiger partial charge in [-0.05, 0) is 18.6 Å². The molecule has 1 aromatic rings. The van der Waals surface area contributed by atoms with Crippen molar-refractivity contribution in [2.24, 2.45) is 0 Å². The second-order valence-electron chi connectivity index (χ2n) is 4.00.